The lowest BCUT2D eigenvalue weighted by Gasteiger charge is -2.02. The third-order valence-corrected chi connectivity index (χ3v) is 2.01. The van der Waals surface area contributed by atoms with Crippen LogP contribution >= 0.6 is 0 Å². The molecule has 1 heteroatoms. The molecule has 0 spiro atoms. The number of pyridine rings is 1. The van der Waals surface area contributed by atoms with Crippen LogP contribution in [-0.4, -0.2) is 4.98 Å². The molecular weight excluding hydrogens is 158 g/mol. The summed E-state index contributed by atoms with van der Waals surface area (Å²) >= 11 is 0. The maximum Gasteiger partial charge on any atom is 0.0451 e. The normalized spacial score (nSPS) is 9.92. The SMILES string of the molecule is Cc1ncccc1-c1[c]cccc1. The van der Waals surface area contributed by atoms with Gasteiger partial charge in [0.25, 0.3) is 0 Å². The Bertz CT molecular complexity index is 393. The molecule has 1 heterocycles. The molecular formula is C12H10N. The fourth-order valence-electron chi connectivity index (χ4n) is 1.33. The van der Waals surface area contributed by atoms with Crippen LogP contribution in [0.1, 0.15) is 5.69 Å². The number of nitrogens with zero attached hydrogens (tertiary/aromatic N) is 1. The van der Waals surface area contributed by atoms with Gasteiger partial charge in [-0.15, -0.1) is 0 Å². The van der Waals surface area contributed by atoms with E-state index >= 15 is 0 Å². The van der Waals surface area contributed by atoms with Crippen LogP contribution in [0.2, 0.25) is 0 Å². The predicted octanol–water partition coefficient (Wildman–Crippen LogP) is 2.86. The summed E-state index contributed by atoms with van der Waals surface area (Å²) in [5.74, 6) is 0. The zero-order valence-corrected chi connectivity index (χ0v) is 7.49. The highest BCUT2D eigenvalue weighted by atomic mass is 14.7. The zero-order chi connectivity index (χ0) is 9.10. The minimum Gasteiger partial charge on any atom is -0.261 e. The van der Waals surface area contributed by atoms with Crippen LogP contribution in [0.15, 0.2) is 42.6 Å². The average Bonchev–Trinajstić information content (AvgIpc) is 2.20. The van der Waals surface area contributed by atoms with Gasteiger partial charge in [0.1, 0.15) is 0 Å². The minimum absolute atomic E-state index is 1.05. The third-order valence-electron chi connectivity index (χ3n) is 2.01. The predicted molar refractivity (Wildman–Crippen MR) is 53.2 cm³/mol. The summed E-state index contributed by atoms with van der Waals surface area (Å²) in [7, 11) is 0. The lowest BCUT2D eigenvalue weighted by molar-refractivity contribution is 1.20. The molecule has 0 aliphatic carbocycles. The summed E-state index contributed by atoms with van der Waals surface area (Å²) < 4.78 is 0. The number of rotatable bonds is 1. The molecule has 13 heavy (non-hydrogen) atoms. The van der Waals surface area contributed by atoms with Crippen molar-refractivity contribution in [3.05, 3.63) is 54.4 Å². The summed E-state index contributed by atoms with van der Waals surface area (Å²) in [6, 6.07) is 15.1. The summed E-state index contributed by atoms with van der Waals surface area (Å²) in [6.07, 6.45) is 1.81. The Hall–Kier alpha value is -1.63. The lowest BCUT2D eigenvalue weighted by Crippen LogP contribution is -1.85. The Balaban J connectivity index is 2.54. The van der Waals surface area contributed by atoms with Gasteiger partial charge in [-0.25, -0.2) is 0 Å². The Labute approximate surface area is 78.1 Å². The van der Waals surface area contributed by atoms with Crippen LogP contribution in [0.3, 0.4) is 0 Å². The van der Waals surface area contributed by atoms with Crippen LogP contribution in [0.5, 0.6) is 0 Å². The Kier molecular flexibility index (Phi) is 2.09. The molecule has 2 rings (SSSR count). The van der Waals surface area contributed by atoms with Crippen molar-refractivity contribution in [2.45, 2.75) is 6.92 Å². The highest BCUT2D eigenvalue weighted by Crippen LogP contribution is 2.19. The van der Waals surface area contributed by atoms with E-state index in [1.165, 1.54) is 0 Å². The molecule has 0 atom stereocenters. The lowest BCUT2D eigenvalue weighted by atomic mass is 10.1. The zero-order valence-electron chi connectivity index (χ0n) is 7.49. The van der Waals surface area contributed by atoms with E-state index in [1.54, 1.807) is 0 Å². The van der Waals surface area contributed by atoms with E-state index in [2.05, 4.69) is 17.1 Å². The van der Waals surface area contributed by atoms with E-state index in [9.17, 15) is 0 Å². The molecule has 0 fully saturated rings. The van der Waals surface area contributed by atoms with Crippen LogP contribution < -0.4 is 0 Å². The van der Waals surface area contributed by atoms with Gasteiger partial charge in [-0.2, -0.15) is 0 Å². The number of hydrogen-bond acceptors (Lipinski definition) is 1. The monoisotopic (exact) mass is 168 g/mol. The average molecular weight is 168 g/mol. The number of hydrogen-bond donors (Lipinski definition) is 0. The summed E-state index contributed by atoms with van der Waals surface area (Å²) in [4.78, 5) is 4.24. The fraction of sp³-hybridized carbons (Fsp3) is 0.0833. The molecule has 63 valence electrons. The van der Waals surface area contributed by atoms with Crippen molar-refractivity contribution in [1.29, 1.82) is 0 Å². The van der Waals surface area contributed by atoms with Crippen molar-refractivity contribution in [2.24, 2.45) is 0 Å². The number of aromatic nitrogens is 1. The van der Waals surface area contributed by atoms with Crippen LogP contribution in [-0.2, 0) is 0 Å². The van der Waals surface area contributed by atoms with E-state index in [1.807, 2.05) is 43.5 Å². The first-order chi connectivity index (χ1) is 6.38. The van der Waals surface area contributed by atoms with Crippen LogP contribution in [0.4, 0.5) is 0 Å². The van der Waals surface area contributed by atoms with E-state index in [0.29, 0.717) is 0 Å². The summed E-state index contributed by atoms with van der Waals surface area (Å²) in [5.41, 5.74) is 3.31. The molecule has 1 nitrogen and oxygen atoms in total. The molecule has 0 aliphatic heterocycles. The Morgan fingerprint density at radius 1 is 1.15 bits per heavy atom. The Morgan fingerprint density at radius 3 is 2.77 bits per heavy atom. The van der Waals surface area contributed by atoms with Gasteiger partial charge < -0.3 is 0 Å². The summed E-state index contributed by atoms with van der Waals surface area (Å²) in [6.45, 7) is 2.01. The Morgan fingerprint density at radius 2 is 2.08 bits per heavy atom. The molecule has 0 N–H and O–H groups in total. The number of aryl methyl sites for hydroxylation is 1. The molecule has 0 bridgehead atoms. The maximum atomic E-state index is 4.24. The van der Waals surface area contributed by atoms with Crippen molar-refractivity contribution in [3.63, 3.8) is 0 Å². The van der Waals surface area contributed by atoms with Crippen molar-refractivity contribution in [2.75, 3.05) is 0 Å². The van der Waals surface area contributed by atoms with Gasteiger partial charge in [0.15, 0.2) is 0 Å². The van der Waals surface area contributed by atoms with Gasteiger partial charge in [-0.05, 0) is 24.6 Å². The first-order valence-electron chi connectivity index (χ1n) is 4.26. The summed E-state index contributed by atoms with van der Waals surface area (Å²) in [5, 5.41) is 0. The topological polar surface area (TPSA) is 12.9 Å². The fourth-order valence-corrected chi connectivity index (χ4v) is 1.33. The highest BCUT2D eigenvalue weighted by Gasteiger charge is 1.99. The second-order valence-corrected chi connectivity index (χ2v) is 2.91. The van der Waals surface area contributed by atoms with E-state index in [-0.39, 0.29) is 0 Å². The molecule has 1 aromatic carbocycles. The van der Waals surface area contributed by atoms with E-state index in [0.717, 1.165) is 16.8 Å². The molecule has 0 aliphatic rings. The standard InChI is InChI=1S/C12H10N/c1-10-12(8-5-9-13-10)11-6-3-2-4-7-11/h2-6,8-9H,1H3. The smallest absolute Gasteiger partial charge is 0.0451 e. The highest BCUT2D eigenvalue weighted by molar-refractivity contribution is 5.64. The molecule has 0 saturated heterocycles. The quantitative estimate of drug-likeness (QED) is 0.638. The molecule has 0 amide bonds. The van der Waals surface area contributed by atoms with Gasteiger partial charge in [0.05, 0.1) is 0 Å². The largest absolute Gasteiger partial charge is 0.261 e. The molecule has 1 aromatic heterocycles. The van der Waals surface area contributed by atoms with Gasteiger partial charge in [0, 0.05) is 17.5 Å². The number of benzene rings is 1. The van der Waals surface area contributed by atoms with Crippen LogP contribution in [0, 0.1) is 13.0 Å². The first kappa shape index (κ1) is 7.99. The van der Waals surface area contributed by atoms with Crippen molar-refractivity contribution in [3.8, 4) is 11.1 Å². The molecule has 1 radical (unpaired) electrons. The van der Waals surface area contributed by atoms with Crippen molar-refractivity contribution in [1.82, 2.24) is 4.98 Å². The molecule has 2 aromatic rings. The molecule has 0 saturated carbocycles. The minimum atomic E-state index is 1.05. The van der Waals surface area contributed by atoms with E-state index in [4.69, 9.17) is 0 Å². The van der Waals surface area contributed by atoms with Crippen LogP contribution in [0.25, 0.3) is 11.1 Å². The van der Waals surface area contributed by atoms with Gasteiger partial charge in [-0.1, -0.05) is 30.3 Å². The van der Waals surface area contributed by atoms with Crippen molar-refractivity contribution >= 4 is 0 Å². The van der Waals surface area contributed by atoms with Gasteiger partial charge in [0.2, 0.25) is 0 Å². The second kappa shape index (κ2) is 3.40. The molecule has 0 unspecified atom stereocenters. The van der Waals surface area contributed by atoms with E-state index < -0.39 is 0 Å². The van der Waals surface area contributed by atoms with Gasteiger partial charge >= 0.3 is 0 Å². The second-order valence-electron chi connectivity index (χ2n) is 2.91. The van der Waals surface area contributed by atoms with Gasteiger partial charge in [-0.3, -0.25) is 4.98 Å². The van der Waals surface area contributed by atoms with Crippen molar-refractivity contribution < 1.29 is 0 Å². The first-order valence-corrected chi connectivity index (χ1v) is 4.26. The maximum absolute atomic E-state index is 4.24. The third kappa shape index (κ3) is 1.59.